The molecule has 5 saturated carbocycles. The Morgan fingerprint density at radius 3 is 2.12 bits per heavy atom. The van der Waals surface area contributed by atoms with E-state index in [1.54, 1.807) is 13.8 Å². The van der Waals surface area contributed by atoms with Crippen molar-refractivity contribution >= 4 is 23.6 Å². The van der Waals surface area contributed by atoms with Gasteiger partial charge in [0, 0.05) is 42.8 Å². The third kappa shape index (κ3) is 7.37. The van der Waals surface area contributed by atoms with E-state index in [9.17, 15) is 29.4 Å². The van der Waals surface area contributed by atoms with Gasteiger partial charge in [0.15, 0.2) is 5.78 Å². The van der Waals surface area contributed by atoms with Crippen LogP contribution in [0.25, 0.3) is 0 Å². The lowest BCUT2D eigenvalue weighted by molar-refractivity contribution is -0.235. The Labute approximate surface area is 344 Å². The summed E-state index contributed by atoms with van der Waals surface area (Å²) < 4.78 is 6.19. The quantitative estimate of drug-likeness (QED) is 0.188. The van der Waals surface area contributed by atoms with Gasteiger partial charge in [0.05, 0.1) is 17.9 Å². The van der Waals surface area contributed by atoms with Gasteiger partial charge in [-0.1, -0.05) is 73.3 Å². The van der Waals surface area contributed by atoms with Gasteiger partial charge in [-0.15, -0.1) is 0 Å². The maximum absolute atomic E-state index is 14.3. The minimum Gasteiger partial charge on any atom is -0.481 e. The molecule has 0 bridgehead atoms. The summed E-state index contributed by atoms with van der Waals surface area (Å²) in [5.41, 5.74) is 0.103. The first-order chi connectivity index (χ1) is 26.5. The number of rotatable bonds is 12. The third-order valence-corrected chi connectivity index (χ3v) is 18.0. The Hall–Kier alpha value is -2.26. The van der Waals surface area contributed by atoms with E-state index in [2.05, 4.69) is 53.4 Å². The van der Waals surface area contributed by atoms with Crippen LogP contribution in [0.1, 0.15) is 159 Å². The van der Waals surface area contributed by atoms with Crippen molar-refractivity contribution in [3.63, 3.8) is 0 Å². The molecule has 6 aliphatic rings. The van der Waals surface area contributed by atoms with Crippen molar-refractivity contribution in [2.45, 2.75) is 171 Å². The number of carbonyl (C=O) groups is 4. The number of amides is 1. The molecule has 9 atom stereocenters. The van der Waals surface area contributed by atoms with Crippen molar-refractivity contribution in [1.29, 1.82) is 0 Å². The molecule has 0 unspecified atom stereocenters. The molecular formula is C48H78N2O7. The second kappa shape index (κ2) is 15.6. The molecule has 6 aliphatic carbocycles. The van der Waals surface area contributed by atoms with E-state index in [0.29, 0.717) is 24.8 Å². The average molecular weight is 795 g/mol. The molecule has 5 fully saturated rings. The fourth-order valence-electron chi connectivity index (χ4n) is 14.5. The lowest BCUT2D eigenvalue weighted by Crippen LogP contribution is -2.66. The predicted octanol–water partition coefficient (Wildman–Crippen LogP) is 8.71. The Kier molecular flexibility index (Phi) is 12.2. The van der Waals surface area contributed by atoms with E-state index in [1.807, 2.05) is 19.0 Å². The van der Waals surface area contributed by atoms with Crippen LogP contribution in [-0.2, 0) is 23.9 Å². The number of aliphatic hydroxyl groups excluding tert-OH is 1. The number of nitrogens with zero attached hydrogens (tertiary/aromatic N) is 2. The molecule has 1 amide bonds. The van der Waals surface area contributed by atoms with Crippen LogP contribution in [0.15, 0.2) is 11.1 Å². The highest BCUT2D eigenvalue weighted by atomic mass is 16.5. The van der Waals surface area contributed by atoms with E-state index in [1.165, 1.54) is 12.0 Å². The molecular weight excluding hydrogens is 717 g/mol. The summed E-state index contributed by atoms with van der Waals surface area (Å²) >= 11 is 0. The van der Waals surface area contributed by atoms with Crippen molar-refractivity contribution in [1.82, 2.24) is 9.80 Å². The molecule has 0 heterocycles. The minimum atomic E-state index is -1.18. The highest BCUT2D eigenvalue weighted by Gasteiger charge is 2.71. The van der Waals surface area contributed by atoms with E-state index in [4.69, 9.17) is 4.74 Å². The molecule has 0 spiro atoms. The zero-order valence-corrected chi connectivity index (χ0v) is 37.6. The summed E-state index contributed by atoms with van der Waals surface area (Å²) in [6.07, 6.45) is 11.9. The number of hydrogen-bond donors (Lipinski definition) is 2. The van der Waals surface area contributed by atoms with Crippen LogP contribution in [-0.4, -0.2) is 89.6 Å². The molecule has 0 aliphatic heterocycles. The van der Waals surface area contributed by atoms with Gasteiger partial charge in [-0.3, -0.25) is 19.2 Å². The summed E-state index contributed by atoms with van der Waals surface area (Å²) in [5, 5.41) is 22.3. The first-order valence-corrected chi connectivity index (χ1v) is 22.8. The van der Waals surface area contributed by atoms with Crippen LogP contribution >= 0.6 is 0 Å². The molecule has 0 aromatic heterocycles. The summed E-state index contributed by atoms with van der Waals surface area (Å²) in [6, 6.07) is 0. The van der Waals surface area contributed by atoms with Crippen LogP contribution in [0.4, 0.5) is 0 Å². The van der Waals surface area contributed by atoms with Gasteiger partial charge in [-0.05, 0) is 138 Å². The largest absolute Gasteiger partial charge is 0.481 e. The van der Waals surface area contributed by atoms with Crippen LogP contribution < -0.4 is 0 Å². The number of likely N-dealkylation sites (N-methyl/N-ethyl adjacent to an activating group) is 1. The van der Waals surface area contributed by atoms with Gasteiger partial charge in [0.2, 0.25) is 5.91 Å². The standard InChI is InChI=1S/C48H78N2O7/c1-30(2)39-33(51)27-48(36(52)29-50(26-25-49(10)11)41(54)31-15-13-12-14-16-31)24-23-46(8)32(40(39)48)17-18-35-45(7)21-20-37(57-38(53)28-43(3,4)42(55)56)44(5,6)34(45)19-22-47(35,46)9/h30-32,34-37,52H,12-29H2,1-11H3,(H,55,56)/t32-,34-,35-,36+,37+,45+,46-,47-,48+/m1/s1. The fourth-order valence-corrected chi connectivity index (χ4v) is 14.5. The fraction of sp³-hybridized carbons (Fsp3) is 0.875. The van der Waals surface area contributed by atoms with Crippen molar-refractivity contribution in [3.05, 3.63) is 11.1 Å². The zero-order chi connectivity index (χ0) is 42.1. The van der Waals surface area contributed by atoms with Crippen LogP contribution in [0.5, 0.6) is 0 Å². The van der Waals surface area contributed by atoms with Gasteiger partial charge in [-0.2, -0.15) is 0 Å². The van der Waals surface area contributed by atoms with E-state index < -0.39 is 28.9 Å². The second-order valence-corrected chi connectivity index (χ2v) is 22.5. The molecule has 0 saturated heterocycles. The molecule has 57 heavy (non-hydrogen) atoms. The number of aliphatic carboxylic acids is 1. The molecule has 0 aromatic rings. The number of esters is 1. The van der Waals surface area contributed by atoms with Gasteiger partial charge in [-0.25, -0.2) is 0 Å². The van der Waals surface area contributed by atoms with Gasteiger partial charge < -0.3 is 24.7 Å². The number of Topliss-reactive ketones (excluding diaryl/α,β-unsaturated/α-hetero) is 1. The number of carboxylic acid groups (broad SMARTS) is 1. The number of hydrogen-bond acceptors (Lipinski definition) is 7. The molecule has 9 nitrogen and oxygen atoms in total. The second-order valence-electron chi connectivity index (χ2n) is 22.5. The number of aliphatic hydroxyl groups is 1. The van der Waals surface area contributed by atoms with E-state index >= 15 is 0 Å². The lowest BCUT2D eigenvalue weighted by Gasteiger charge is -2.72. The van der Waals surface area contributed by atoms with Crippen molar-refractivity contribution < 1.29 is 34.1 Å². The minimum absolute atomic E-state index is 0.0127. The predicted molar refractivity (Wildman–Crippen MR) is 223 cm³/mol. The normalized spacial score (nSPS) is 37.3. The van der Waals surface area contributed by atoms with Gasteiger partial charge in [0.25, 0.3) is 0 Å². The molecule has 6 rings (SSSR count). The molecule has 9 heteroatoms. The summed E-state index contributed by atoms with van der Waals surface area (Å²) in [6.45, 7) is 21.2. The number of carboxylic acids is 1. The number of ketones is 1. The number of ether oxygens (including phenoxy) is 1. The first-order valence-electron chi connectivity index (χ1n) is 22.8. The molecule has 0 aromatic carbocycles. The third-order valence-electron chi connectivity index (χ3n) is 18.0. The topological polar surface area (TPSA) is 124 Å². The SMILES string of the molecule is CC(C)C1=C2[C@H]3CC[C@@H]4[C@@]5(C)CC[C@H](OC(=O)CC(C)(C)C(=O)O)C(C)(C)[C@H]5CC[C@@]4(C)[C@]3(C)CC[C@@]2([C@@H](O)CN(CCN(C)C)C(=O)C2CCCCC2)CC1=O. The van der Waals surface area contributed by atoms with Crippen LogP contribution in [0.3, 0.4) is 0 Å². The van der Waals surface area contributed by atoms with Crippen molar-refractivity contribution in [3.8, 4) is 0 Å². The first kappa shape index (κ1) is 44.3. The van der Waals surface area contributed by atoms with Gasteiger partial charge in [0.1, 0.15) is 6.10 Å². The summed E-state index contributed by atoms with van der Waals surface area (Å²) in [4.78, 5) is 57.5. The molecule has 322 valence electrons. The summed E-state index contributed by atoms with van der Waals surface area (Å²) in [7, 11) is 4.06. The monoisotopic (exact) mass is 795 g/mol. The number of fused-ring (bicyclic) bond motifs is 7. The Balaban J connectivity index is 1.29. The number of allylic oxidation sites excluding steroid dienone is 1. The Bertz CT molecular complexity index is 1610. The average Bonchev–Trinajstić information content (AvgIpc) is 3.44. The maximum Gasteiger partial charge on any atom is 0.309 e. The highest BCUT2D eigenvalue weighted by molar-refractivity contribution is 6.00. The molecule has 2 N–H and O–H groups in total. The lowest BCUT2D eigenvalue weighted by atomic mass is 9.33. The zero-order valence-electron chi connectivity index (χ0n) is 37.6. The Morgan fingerprint density at radius 1 is 0.842 bits per heavy atom. The maximum atomic E-state index is 14.3. The van der Waals surface area contributed by atoms with Crippen LogP contribution in [0.2, 0.25) is 0 Å². The Morgan fingerprint density at radius 2 is 1.51 bits per heavy atom. The van der Waals surface area contributed by atoms with Gasteiger partial charge >= 0.3 is 11.9 Å². The summed E-state index contributed by atoms with van der Waals surface area (Å²) in [5.74, 6) is 0.0470. The number of carbonyl (C=O) groups excluding carboxylic acids is 3. The highest BCUT2D eigenvalue weighted by Crippen LogP contribution is 2.77. The van der Waals surface area contributed by atoms with Crippen molar-refractivity contribution in [2.24, 2.45) is 62.1 Å². The van der Waals surface area contributed by atoms with Crippen LogP contribution in [0, 0.1) is 62.1 Å². The van der Waals surface area contributed by atoms with E-state index in [0.717, 1.165) is 89.2 Å². The smallest absolute Gasteiger partial charge is 0.309 e. The van der Waals surface area contributed by atoms with Crippen molar-refractivity contribution in [2.75, 3.05) is 33.7 Å². The van der Waals surface area contributed by atoms with E-state index in [-0.39, 0.29) is 70.2 Å². The molecule has 0 radical (unpaired) electrons.